The third-order valence-corrected chi connectivity index (χ3v) is 4.04. The topological polar surface area (TPSA) is 64.4 Å². The predicted molar refractivity (Wildman–Crippen MR) is 101 cm³/mol. The van der Waals surface area contributed by atoms with Crippen LogP contribution in [0.2, 0.25) is 0 Å². The SMILES string of the molecule is CCCCOc1ccc(-c2cc(C(=O)Nc3ccccc3C)no2)cc1. The van der Waals surface area contributed by atoms with Gasteiger partial charge in [0.05, 0.1) is 6.61 Å². The van der Waals surface area contributed by atoms with E-state index in [0.29, 0.717) is 12.4 Å². The molecule has 0 aliphatic heterocycles. The number of aryl methyl sites for hydroxylation is 1. The number of carbonyl (C=O) groups excluding carboxylic acids is 1. The lowest BCUT2D eigenvalue weighted by Crippen LogP contribution is -2.12. The van der Waals surface area contributed by atoms with Crippen LogP contribution in [-0.4, -0.2) is 17.7 Å². The van der Waals surface area contributed by atoms with Crippen molar-refractivity contribution in [1.82, 2.24) is 5.16 Å². The summed E-state index contributed by atoms with van der Waals surface area (Å²) in [6.07, 6.45) is 2.13. The summed E-state index contributed by atoms with van der Waals surface area (Å²) < 4.78 is 11.0. The smallest absolute Gasteiger partial charge is 0.277 e. The maximum absolute atomic E-state index is 12.4. The second-order valence-corrected chi connectivity index (χ2v) is 6.07. The molecule has 0 unspecified atom stereocenters. The van der Waals surface area contributed by atoms with Crippen LogP contribution in [0.5, 0.6) is 5.75 Å². The molecular formula is C21H22N2O3. The van der Waals surface area contributed by atoms with Gasteiger partial charge in [-0.1, -0.05) is 36.7 Å². The zero-order valence-corrected chi connectivity index (χ0v) is 15.0. The third-order valence-electron chi connectivity index (χ3n) is 4.04. The Labute approximate surface area is 153 Å². The van der Waals surface area contributed by atoms with Crippen molar-refractivity contribution in [2.75, 3.05) is 11.9 Å². The normalized spacial score (nSPS) is 10.5. The fourth-order valence-electron chi connectivity index (χ4n) is 2.47. The Morgan fingerprint density at radius 1 is 1.15 bits per heavy atom. The maximum atomic E-state index is 12.4. The number of nitrogens with one attached hydrogen (secondary N) is 1. The molecule has 3 rings (SSSR count). The number of hydrogen-bond donors (Lipinski definition) is 1. The van der Waals surface area contributed by atoms with Gasteiger partial charge in [-0.15, -0.1) is 0 Å². The zero-order valence-electron chi connectivity index (χ0n) is 15.0. The molecule has 134 valence electrons. The summed E-state index contributed by atoms with van der Waals surface area (Å²) in [5.74, 6) is 1.06. The van der Waals surface area contributed by atoms with Crippen molar-refractivity contribution >= 4 is 11.6 Å². The van der Waals surface area contributed by atoms with Gasteiger partial charge in [0.25, 0.3) is 5.91 Å². The molecule has 0 aliphatic carbocycles. The van der Waals surface area contributed by atoms with Crippen LogP contribution >= 0.6 is 0 Å². The Morgan fingerprint density at radius 2 is 1.92 bits per heavy atom. The second kappa shape index (κ2) is 8.34. The number of unbranched alkanes of at least 4 members (excludes halogenated alkanes) is 1. The molecule has 5 heteroatoms. The van der Waals surface area contributed by atoms with Crippen LogP contribution in [0.1, 0.15) is 35.8 Å². The van der Waals surface area contributed by atoms with Crippen molar-refractivity contribution in [3.8, 4) is 17.1 Å². The van der Waals surface area contributed by atoms with E-state index in [1.807, 2.05) is 55.5 Å². The molecule has 1 heterocycles. The minimum Gasteiger partial charge on any atom is -0.494 e. The molecule has 0 atom stereocenters. The summed E-state index contributed by atoms with van der Waals surface area (Å²) in [5.41, 5.74) is 2.83. The summed E-state index contributed by atoms with van der Waals surface area (Å²) in [6, 6.07) is 16.8. The van der Waals surface area contributed by atoms with Crippen molar-refractivity contribution in [3.05, 3.63) is 65.9 Å². The van der Waals surface area contributed by atoms with Gasteiger partial charge in [0, 0.05) is 17.3 Å². The summed E-state index contributed by atoms with van der Waals surface area (Å²) in [6.45, 7) is 4.78. The molecular weight excluding hydrogens is 328 g/mol. The van der Waals surface area contributed by atoms with Crippen LogP contribution in [0.15, 0.2) is 59.1 Å². The molecule has 1 amide bonds. The molecule has 0 saturated carbocycles. The van der Waals surface area contributed by atoms with E-state index < -0.39 is 0 Å². The molecule has 3 aromatic rings. The zero-order chi connectivity index (χ0) is 18.4. The van der Waals surface area contributed by atoms with Crippen molar-refractivity contribution < 1.29 is 14.1 Å². The number of nitrogens with zero attached hydrogens (tertiary/aromatic N) is 1. The lowest BCUT2D eigenvalue weighted by atomic mass is 10.1. The maximum Gasteiger partial charge on any atom is 0.277 e. The van der Waals surface area contributed by atoms with Crippen molar-refractivity contribution in [3.63, 3.8) is 0 Å². The van der Waals surface area contributed by atoms with Gasteiger partial charge < -0.3 is 14.6 Å². The molecule has 0 fully saturated rings. The van der Waals surface area contributed by atoms with Gasteiger partial charge >= 0.3 is 0 Å². The quantitative estimate of drug-likeness (QED) is 0.603. The first-order chi connectivity index (χ1) is 12.7. The lowest BCUT2D eigenvalue weighted by molar-refractivity contribution is 0.101. The highest BCUT2D eigenvalue weighted by Crippen LogP contribution is 2.24. The summed E-state index contributed by atoms with van der Waals surface area (Å²) in [4.78, 5) is 12.4. The number of anilines is 1. The number of rotatable bonds is 7. The minimum atomic E-state index is -0.297. The van der Waals surface area contributed by atoms with Crippen LogP contribution in [0.25, 0.3) is 11.3 Å². The highest BCUT2D eigenvalue weighted by Gasteiger charge is 2.14. The molecule has 0 spiro atoms. The van der Waals surface area contributed by atoms with Gasteiger partial charge in [-0.05, 0) is 49.2 Å². The fourth-order valence-corrected chi connectivity index (χ4v) is 2.47. The fraction of sp³-hybridized carbons (Fsp3) is 0.238. The summed E-state index contributed by atoms with van der Waals surface area (Å²) in [7, 11) is 0. The Hall–Kier alpha value is -3.08. The average molecular weight is 350 g/mol. The van der Waals surface area contributed by atoms with E-state index in [-0.39, 0.29) is 11.6 Å². The van der Waals surface area contributed by atoms with Crippen LogP contribution in [0.4, 0.5) is 5.69 Å². The molecule has 5 nitrogen and oxygen atoms in total. The first-order valence-electron chi connectivity index (χ1n) is 8.74. The van der Waals surface area contributed by atoms with E-state index in [1.54, 1.807) is 6.07 Å². The van der Waals surface area contributed by atoms with Crippen molar-refractivity contribution in [2.24, 2.45) is 0 Å². The van der Waals surface area contributed by atoms with Crippen LogP contribution < -0.4 is 10.1 Å². The van der Waals surface area contributed by atoms with Crippen LogP contribution in [0.3, 0.4) is 0 Å². The Bertz CT molecular complexity index is 869. The first kappa shape index (κ1) is 17.7. The van der Waals surface area contributed by atoms with Gasteiger partial charge in [-0.2, -0.15) is 0 Å². The number of aromatic nitrogens is 1. The van der Waals surface area contributed by atoms with Gasteiger partial charge in [0.15, 0.2) is 11.5 Å². The largest absolute Gasteiger partial charge is 0.494 e. The molecule has 2 aromatic carbocycles. The average Bonchev–Trinajstić information content (AvgIpc) is 3.15. The molecule has 0 saturated heterocycles. The number of amides is 1. The number of ether oxygens (including phenoxy) is 1. The van der Waals surface area contributed by atoms with E-state index >= 15 is 0 Å². The highest BCUT2D eigenvalue weighted by molar-refractivity contribution is 6.03. The molecule has 1 aromatic heterocycles. The van der Waals surface area contributed by atoms with E-state index in [0.717, 1.165) is 35.4 Å². The van der Waals surface area contributed by atoms with E-state index in [9.17, 15) is 4.79 Å². The number of hydrogen-bond acceptors (Lipinski definition) is 4. The number of benzene rings is 2. The molecule has 0 aliphatic rings. The van der Waals surface area contributed by atoms with Gasteiger partial charge in [-0.25, -0.2) is 0 Å². The summed E-state index contributed by atoms with van der Waals surface area (Å²) >= 11 is 0. The Balaban J connectivity index is 1.67. The Morgan fingerprint density at radius 3 is 2.65 bits per heavy atom. The van der Waals surface area contributed by atoms with E-state index in [1.165, 1.54) is 0 Å². The van der Waals surface area contributed by atoms with Crippen molar-refractivity contribution in [2.45, 2.75) is 26.7 Å². The molecule has 0 bridgehead atoms. The van der Waals surface area contributed by atoms with E-state index in [4.69, 9.17) is 9.26 Å². The number of carbonyl (C=O) groups is 1. The molecule has 1 N–H and O–H groups in total. The predicted octanol–water partition coefficient (Wildman–Crippen LogP) is 5.08. The minimum absolute atomic E-state index is 0.242. The van der Waals surface area contributed by atoms with Crippen LogP contribution in [0, 0.1) is 6.92 Å². The van der Waals surface area contributed by atoms with Gasteiger partial charge in [0.1, 0.15) is 5.75 Å². The monoisotopic (exact) mass is 350 g/mol. The molecule has 0 radical (unpaired) electrons. The van der Waals surface area contributed by atoms with E-state index in [2.05, 4.69) is 17.4 Å². The highest BCUT2D eigenvalue weighted by atomic mass is 16.5. The van der Waals surface area contributed by atoms with Gasteiger partial charge in [0.2, 0.25) is 0 Å². The third kappa shape index (κ3) is 4.30. The van der Waals surface area contributed by atoms with Crippen LogP contribution in [-0.2, 0) is 0 Å². The summed E-state index contributed by atoms with van der Waals surface area (Å²) in [5, 5.41) is 6.73. The van der Waals surface area contributed by atoms with Gasteiger partial charge in [-0.3, -0.25) is 4.79 Å². The number of para-hydroxylation sites is 1. The Kier molecular flexibility index (Phi) is 5.69. The second-order valence-electron chi connectivity index (χ2n) is 6.07. The van der Waals surface area contributed by atoms with Crippen molar-refractivity contribution in [1.29, 1.82) is 0 Å². The standard InChI is InChI=1S/C21H22N2O3/c1-3-4-13-25-17-11-9-16(10-12-17)20-14-19(23-26-20)21(24)22-18-8-6-5-7-15(18)2/h5-12,14H,3-4,13H2,1-2H3,(H,22,24). The molecule has 26 heavy (non-hydrogen) atoms. The lowest BCUT2D eigenvalue weighted by Gasteiger charge is -2.05. The first-order valence-corrected chi connectivity index (χ1v) is 8.74.